The summed E-state index contributed by atoms with van der Waals surface area (Å²) in [5, 5.41) is 23.6. The first-order chi connectivity index (χ1) is 52.0. The maximum Gasteiger partial charge on any atom is 0.218 e. The van der Waals surface area contributed by atoms with Gasteiger partial charge >= 0.3 is 0 Å². The second kappa shape index (κ2) is 88.4. The minimum atomic E-state index is 0.345. The summed E-state index contributed by atoms with van der Waals surface area (Å²) in [5.74, 6) is 7.30. The van der Waals surface area contributed by atoms with Crippen molar-refractivity contribution in [1.82, 2.24) is 45.3 Å². The first-order valence-electron chi connectivity index (χ1n) is 40.9. The van der Waals surface area contributed by atoms with Crippen LogP contribution in [0.1, 0.15) is 386 Å². The predicted octanol–water partition coefficient (Wildman–Crippen LogP) is 31.4. The normalized spacial score (nSPS) is 9.94. The monoisotopic (exact) mass is 1530 g/mol. The lowest BCUT2D eigenvalue weighted by Gasteiger charge is -2.04. The van der Waals surface area contributed by atoms with Gasteiger partial charge in [-0.1, -0.05) is 355 Å². The van der Waals surface area contributed by atoms with E-state index in [1.54, 1.807) is 46.2 Å². The summed E-state index contributed by atoms with van der Waals surface area (Å²) in [7, 11) is 0. The number of hydrogen-bond acceptors (Lipinski definition) is 15. The van der Waals surface area contributed by atoms with Crippen LogP contribution in [0.5, 0.6) is 0 Å². The van der Waals surface area contributed by atoms with E-state index in [4.69, 9.17) is 8.83 Å². The van der Waals surface area contributed by atoms with Crippen LogP contribution in [-0.4, -0.2) is 57.2 Å². The summed E-state index contributed by atoms with van der Waals surface area (Å²) in [6, 6.07) is 33.3. The number of pyridine rings is 3. The smallest absolute Gasteiger partial charge is 0.218 e. The van der Waals surface area contributed by atoms with E-state index in [-0.39, 0.29) is 0 Å². The molecule has 11 rings (SSSR count). The number of hydrogen-bond donors (Lipinski definition) is 0. The fraction of sp³-hybridized carbons (Fsp3) is 0.559. The zero-order valence-electron chi connectivity index (χ0n) is 76.5. The minimum Gasteiger partial charge on any atom is -0.448 e. The Labute approximate surface area is 674 Å². The van der Waals surface area contributed by atoms with Gasteiger partial charge in [0.2, 0.25) is 12.3 Å². The molecule has 0 radical (unpaired) electrons. The second-order valence-corrected chi connectivity index (χ2v) is 25.6. The Bertz CT molecular complexity index is 2800. The average Bonchev–Trinajstić information content (AvgIpc) is 1.70. The summed E-state index contributed by atoms with van der Waals surface area (Å²) in [6.07, 6.45) is 21.9. The largest absolute Gasteiger partial charge is 0.448 e. The lowest BCUT2D eigenvalue weighted by molar-refractivity contribution is 0.470. The molecule has 0 spiro atoms. The highest BCUT2D eigenvalue weighted by Gasteiger charge is 2.14. The van der Waals surface area contributed by atoms with Gasteiger partial charge < -0.3 is 8.83 Å². The summed E-state index contributed by atoms with van der Waals surface area (Å²) < 4.78 is 9.86. The maximum absolute atomic E-state index is 4.98. The number of oxazole rings is 1. The molecule has 2 aromatic carbocycles. The molecular formula is C93H163N11O2S2. The van der Waals surface area contributed by atoms with E-state index in [0.29, 0.717) is 65.1 Å². The SMILES string of the molecule is CC.CC.CC.CC.CC.CC.CC.CC.CC.CC.CC(C)C1=Cc2ccccc2C1.CC(C)C1=NN=CC1.CC(C)c1ccccc1.CC(C)c1ccccn1.CC(C)c1cccnc1.CC(C)c1ccncc1.CC(C)c1cnco1.CC(C)c1cncs1.CC(C)c1nnco1.CC(C)c1nncs1. The van der Waals surface area contributed by atoms with Crippen LogP contribution in [0.4, 0.5) is 0 Å². The van der Waals surface area contributed by atoms with E-state index in [0.717, 1.165) is 29.3 Å². The van der Waals surface area contributed by atoms with Crippen molar-refractivity contribution in [2.24, 2.45) is 22.0 Å². The van der Waals surface area contributed by atoms with Crippen molar-refractivity contribution in [2.75, 3.05) is 0 Å². The molecule has 0 fully saturated rings. The van der Waals surface area contributed by atoms with Crippen LogP contribution in [-0.2, 0) is 6.42 Å². The number of allylic oxidation sites excluding steroid dienone is 1. The van der Waals surface area contributed by atoms with E-state index >= 15 is 0 Å². The molecule has 7 aromatic heterocycles. The molecule has 9 aromatic rings. The summed E-state index contributed by atoms with van der Waals surface area (Å²) in [4.78, 5) is 21.2. The molecule has 0 saturated carbocycles. The summed E-state index contributed by atoms with van der Waals surface area (Å²) in [5.41, 5.74) is 14.5. The van der Waals surface area contributed by atoms with Gasteiger partial charge in [0.15, 0.2) is 6.39 Å². The zero-order valence-corrected chi connectivity index (χ0v) is 78.1. The van der Waals surface area contributed by atoms with Crippen LogP contribution in [0.25, 0.3) is 6.08 Å². The highest BCUT2D eigenvalue weighted by Crippen LogP contribution is 2.29. The molecule has 0 atom stereocenters. The quantitative estimate of drug-likeness (QED) is 0.128. The molecule has 2 aliphatic rings. The van der Waals surface area contributed by atoms with Gasteiger partial charge in [-0.05, 0) is 106 Å². The number of thiazole rings is 1. The van der Waals surface area contributed by atoms with E-state index in [1.807, 2.05) is 237 Å². The van der Waals surface area contributed by atoms with Gasteiger partial charge in [0, 0.05) is 83.9 Å². The Morgan fingerprint density at radius 1 is 0.361 bits per heavy atom. The third-order valence-corrected chi connectivity index (χ3v) is 15.1. The molecular weight excluding hydrogens is 1370 g/mol. The molecule has 0 amide bonds. The maximum atomic E-state index is 4.98. The van der Waals surface area contributed by atoms with Crippen LogP contribution < -0.4 is 0 Å². The predicted molar refractivity (Wildman–Crippen MR) is 487 cm³/mol. The topological polar surface area (TPSA) is 167 Å². The van der Waals surface area contributed by atoms with Gasteiger partial charge in [-0.3, -0.25) is 19.9 Å². The van der Waals surface area contributed by atoms with Crippen molar-refractivity contribution >= 4 is 40.7 Å². The van der Waals surface area contributed by atoms with E-state index in [9.17, 15) is 0 Å². The number of aromatic nitrogens is 9. The Kier molecular flexibility index (Phi) is 97.3. The van der Waals surface area contributed by atoms with Crippen LogP contribution in [0.3, 0.4) is 0 Å². The van der Waals surface area contributed by atoms with Crippen molar-refractivity contribution in [3.63, 3.8) is 0 Å². The van der Waals surface area contributed by atoms with E-state index in [2.05, 4.69) is 241 Å². The molecule has 1 aliphatic heterocycles. The highest BCUT2D eigenvalue weighted by molar-refractivity contribution is 7.09. The molecule has 13 nitrogen and oxygen atoms in total. The van der Waals surface area contributed by atoms with Crippen molar-refractivity contribution < 1.29 is 8.83 Å². The summed E-state index contributed by atoms with van der Waals surface area (Å²) in [6.45, 7) is 82.9. The van der Waals surface area contributed by atoms with Crippen LogP contribution in [0.15, 0.2) is 189 Å². The van der Waals surface area contributed by atoms with E-state index < -0.39 is 0 Å². The molecule has 15 heteroatoms. The zero-order chi connectivity index (χ0) is 85.2. The van der Waals surface area contributed by atoms with Gasteiger partial charge in [-0.25, -0.2) is 4.98 Å². The Morgan fingerprint density at radius 3 is 1.17 bits per heavy atom. The van der Waals surface area contributed by atoms with Crippen LogP contribution >= 0.6 is 22.7 Å². The van der Waals surface area contributed by atoms with Gasteiger partial charge in [-0.2, -0.15) is 10.2 Å². The van der Waals surface area contributed by atoms with Crippen molar-refractivity contribution in [3.8, 4) is 0 Å². The Balaban J connectivity index is -0.000000140. The molecule has 0 saturated heterocycles. The Morgan fingerprint density at radius 2 is 0.889 bits per heavy atom. The standard InChI is InChI=1S/C12H14.C9H12.3C8H11N.C6H10N2.C6H9NO.C6H9NS.C5H8N2O.C5H8N2S.10C2H6/c1-9(2)12-7-10-5-3-4-6-11(10)8-12;1-8(2)9-6-4-3-5-7-9;1-7(2)8-3-5-9-6-4-8;1-7(2)8-4-3-5-9-6-8;1-7(2)8-5-3-4-6-9-8;1-5(2)6-3-4-7-8-6;2*1-5(2)6-3-7-4-8-6;2*1-4(2)5-7-6-3-8-5;10*1-2/h3-7,9H,8H2,1-2H3;3-8H,1-2H3;3*3-7H,1-2H3;4-5H,3H2,1-2H3;2*3-5H,1-2H3;2*3-4H,1-2H3;10*1-2H3. The fourth-order valence-corrected chi connectivity index (χ4v) is 8.43. The molecule has 1 aliphatic carbocycles. The fourth-order valence-electron chi connectivity index (χ4n) is 7.23. The van der Waals surface area contributed by atoms with Gasteiger partial charge in [0.1, 0.15) is 16.3 Å². The van der Waals surface area contributed by atoms with Crippen LogP contribution in [0.2, 0.25) is 0 Å². The summed E-state index contributed by atoms with van der Waals surface area (Å²) >= 11 is 3.33. The van der Waals surface area contributed by atoms with Crippen molar-refractivity contribution in [1.29, 1.82) is 0 Å². The number of rotatable bonds is 10. The molecule has 8 heterocycles. The molecule has 0 N–H and O–H groups in total. The molecule has 0 unspecified atom stereocenters. The molecule has 0 bridgehead atoms. The first-order valence-corrected chi connectivity index (χ1v) is 42.7. The van der Waals surface area contributed by atoms with Crippen molar-refractivity contribution in [2.45, 2.75) is 337 Å². The Hall–Kier alpha value is -7.49. The first kappa shape index (κ1) is 119. The third kappa shape index (κ3) is 66.7. The van der Waals surface area contributed by atoms with Crippen molar-refractivity contribution in [3.05, 3.63) is 225 Å². The minimum absolute atomic E-state index is 0.345. The third-order valence-electron chi connectivity index (χ3n) is 13.0. The van der Waals surface area contributed by atoms with E-state index in [1.165, 1.54) is 51.2 Å². The lowest BCUT2D eigenvalue weighted by atomic mass is 10.0. The number of nitrogens with zero attached hydrogens (tertiary/aromatic N) is 11. The highest BCUT2D eigenvalue weighted by atomic mass is 32.1. The average molecular weight is 1530 g/mol. The van der Waals surface area contributed by atoms with Crippen LogP contribution in [0, 0.1) is 11.8 Å². The number of benzene rings is 2. The van der Waals surface area contributed by atoms with Gasteiger partial charge in [0.25, 0.3) is 0 Å². The second-order valence-electron chi connectivity index (χ2n) is 23.8. The van der Waals surface area contributed by atoms with Gasteiger partial charge in [0.05, 0.1) is 11.7 Å². The number of fused-ring (bicyclic) bond motifs is 1. The molecule has 614 valence electrons. The van der Waals surface area contributed by atoms with Gasteiger partial charge in [-0.15, -0.1) is 43.1 Å². The lowest BCUT2D eigenvalue weighted by Crippen LogP contribution is -2.03. The molecule has 108 heavy (non-hydrogen) atoms.